The lowest BCUT2D eigenvalue weighted by atomic mass is 10.2. The molecule has 0 saturated heterocycles. The molecular formula is C14H18NOS+. The van der Waals surface area contributed by atoms with Crippen molar-refractivity contribution in [3.05, 3.63) is 51.7 Å². The van der Waals surface area contributed by atoms with Crippen molar-refractivity contribution in [1.29, 1.82) is 0 Å². The molecule has 3 heteroatoms. The number of nitrogens with two attached hydrogens (primary N) is 1. The van der Waals surface area contributed by atoms with Gasteiger partial charge in [-0.3, -0.25) is 0 Å². The zero-order valence-corrected chi connectivity index (χ0v) is 11.1. The van der Waals surface area contributed by atoms with E-state index in [1.54, 1.807) is 7.11 Å². The zero-order chi connectivity index (χ0) is 12.1. The summed E-state index contributed by atoms with van der Waals surface area (Å²) in [6.45, 7) is 4.25. The van der Waals surface area contributed by atoms with E-state index in [1.165, 1.54) is 16.0 Å². The Labute approximate surface area is 106 Å². The Kier molecular flexibility index (Phi) is 4.18. The second kappa shape index (κ2) is 5.84. The minimum atomic E-state index is 0.919. The second-order valence-corrected chi connectivity index (χ2v) is 5.07. The van der Waals surface area contributed by atoms with Gasteiger partial charge in [-0.1, -0.05) is 0 Å². The van der Waals surface area contributed by atoms with Gasteiger partial charge in [0.1, 0.15) is 18.8 Å². The molecule has 2 N–H and O–H groups in total. The van der Waals surface area contributed by atoms with Gasteiger partial charge in [0.25, 0.3) is 0 Å². The van der Waals surface area contributed by atoms with Crippen LogP contribution in [0.25, 0.3) is 0 Å². The number of benzene rings is 1. The van der Waals surface area contributed by atoms with E-state index in [9.17, 15) is 0 Å². The Morgan fingerprint density at radius 3 is 2.47 bits per heavy atom. The molecule has 0 saturated carbocycles. The van der Waals surface area contributed by atoms with E-state index in [2.05, 4.69) is 35.8 Å². The Balaban J connectivity index is 1.83. The molecular weight excluding hydrogens is 230 g/mol. The first kappa shape index (κ1) is 12.1. The fourth-order valence-corrected chi connectivity index (χ4v) is 2.65. The van der Waals surface area contributed by atoms with E-state index in [0.29, 0.717) is 0 Å². The van der Waals surface area contributed by atoms with Gasteiger partial charge in [-0.15, -0.1) is 11.3 Å². The quantitative estimate of drug-likeness (QED) is 0.863. The normalized spacial score (nSPS) is 10.5. The fraction of sp³-hybridized carbons (Fsp3) is 0.286. The van der Waals surface area contributed by atoms with Gasteiger partial charge in [-0.05, 0) is 48.2 Å². The average Bonchev–Trinajstić information content (AvgIpc) is 2.76. The van der Waals surface area contributed by atoms with Crippen molar-refractivity contribution in [3.63, 3.8) is 0 Å². The van der Waals surface area contributed by atoms with Crippen LogP contribution in [0.4, 0.5) is 0 Å². The summed E-state index contributed by atoms with van der Waals surface area (Å²) in [5.74, 6) is 0.919. The lowest BCUT2D eigenvalue weighted by Crippen LogP contribution is -2.80. The molecule has 0 bridgehead atoms. The van der Waals surface area contributed by atoms with Crippen LogP contribution in [-0.2, 0) is 13.1 Å². The molecule has 1 heterocycles. The van der Waals surface area contributed by atoms with E-state index in [1.807, 2.05) is 23.5 Å². The summed E-state index contributed by atoms with van der Waals surface area (Å²) in [7, 11) is 1.70. The number of thiophene rings is 1. The smallest absolute Gasteiger partial charge is 0.118 e. The van der Waals surface area contributed by atoms with Gasteiger partial charge >= 0.3 is 0 Å². The third kappa shape index (κ3) is 3.32. The fourth-order valence-electron chi connectivity index (χ4n) is 1.74. The van der Waals surface area contributed by atoms with Crippen LogP contribution in [0.5, 0.6) is 5.75 Å². The summed E-state index contributed by atoms with van der Waals surface area (Å²) < 4.78 is 5.14. The number of hydrogen-bond acceptors (Lipinski definition) is 2. The number of methoxy groups -OCH3 is 1. The predicted octanol–water partition coefficient (Wildman–Crippen LogP) is 2.33. The highest BCUT2D eigenvalue weighted by Gasteiger charge is 2.02. The van der Waals surface area contributed by atoms with Gasteiger partial charge in [0.2, 0.25) is 0 Å². The third-order valence-electron chi connectivity index (χ3n) is 2.84. The predicted molar refractivity (Wildman–Crippen MR) is 71.4 cm³/mol. The molecule has 2 rings (SSSR count). The van der Waals surface area contributed by atoms with Gasteiger partial charge in [0.05, 0.1) is 12.0 Å². The molecule has 1 aromatic heterocycles. The molecule has 0 radical (unpaired) electrons. The standard InChI is InChI=1S/C14H17NOS/c1-11-7-8-17-14(11)10-15-9-12-3-5-13(16-2)6-4-12/h3-8,15H,9-10H2,1-2H3/p+1. The second-order valence-electron chi connectivity index (χ2n) is 4.07. The van der Waals surface area contributed by atoms with E-state index in [4.69, 9.17) is 4.74 Å². The Hall–Kier alpha value is -1.32. The zero-order valence-electron chi connectivity index (χ0n) is 10.3. The third-order valence-corrected chi connectivity index (χ3v) is 3.88. The maximum atomic E-state index is 5.14. The number of quaternary nitrogens is 1. The van der Waals surface area contributed by atoms with E-state index in [0.717, 1.165) is 18.8 Å². The highest BCUT2D eigenvalue weighted by atomic mass is 32.1. The molecule has 0 spiro atoms. The maximum Gasteiger partial charge on any atom is 0.118 e. The minimum Gasteiger partial charge on any atom is -0.497 e. The van der Waals surface area contributed by atoms with E-state index in [-0.39, 0.29) is 0 Å². The summed E-state index contributed by atoms with van der Waals surface area (Å²) in [5, 5.41) is 4.49. The molecule has 1 aromatic carbocycles. The SMILES string of the molecule is COc1ccc(C[NH2+]Cc2sccc2C)cc1. The first-order chi connectivity index (χ1) is 8.29. The highest BCUT2D eigenvalue weighted by molar-refractivity contribution is 7.10. The summed E-state index contributed by atoms with van der Waals surface area (Å²) in [6.07, 6.45) is 0. The van der Waals surface area contributed by atoms with Crippen LogP contribution in [0.3, 0.4) is 0 Å². The van der Waals surface area contributed by atoms with Crippen LogP contribution in [0.15, 0.2) is 35.7 Å². The molecule has 90 valence electrons. The average molecular weight is 248 g/mol. The number of aryl methyl sites for hydroxylation is 1. The Bertz CT molecular complexity index is 461. The van der Waals surface area contributed by atoms with Crippen molar-refractivity contribution in [1.82, 2.24) is 0 Å². The topological polar surface area (TPSA) is 25.8 Å². The lowest BCUT2D eigenvalue weighted by Gasteiger charge is -2.03. The van der Waals surface area contributed by atoms with Crippen LogP contribution >= 0.6 is 11.3 Å². The summed E-state index contributed by atoms with van der Waals surface area (Å²) in [4.78, 5) is 1.47. The van der Waals surface area contributed by atoms with Crippen molar-refractivity contribution < 1.29 is 10.1 Å². The monoisotopic (exact) mass is 248 g/mol. The van der Waals surface area contributed by atoms with Crippen molar-refractivity contribution in [2.45, 2.75) is 20.0 Å². The van der Waals surface area contributed by atoms with Gasteiger partial charge in [-0.25, -0.2) is 0 Å². The molecule has 2 nitrogen and oxygen atoms in total. The van der Waals surface area contributed by atoms with Crippen LogP contribution < -0.4 is 10.1 Å². The first-order valence-corrected chi connectivity index (χ1v) is 6.65. The van der Waals surface area contributed by atoms with Gasteiger partial charge in [-0.2, -0.15) is 0 Å². The van der Waals surface area contributed by atoms with Crippen molar-refractivity contribution in [2.75, 3.05) is 7.11 Å². The number of ether oxygens (including phenoxy) is 1. The van der Waals surface area contributed by atoms with Gasteiger partial charge in [0, 0.05) is 5.56 Å². The summed E-state index contributed by atoms with van der Waals surface area (Å²) >= 11 is 1.84. The molecule has 0 amide bonds. The van der Waals surface area contributed by atoms with E-state index < -0.39 is 0 Å². The van der Waals surface area contributed by atoms with Crippen molar-refractivity contribution in [3.8, 4) is 5.75 Å². The number of hydrogen-bond donors (Lipinski definition) is 1. The number of rotatable bonds is 5. The molecule has 17 heavy (non-hydrogen) atoms. The Morgan fingerprint density at radius 2 is 1.88 bits per heavy atom. The first-order valence-electron chi connectivity index (χ1n) is 5.77. The van der Waals surface area contributed by atoms with Gasteiger partial charge in [0.15, 0.2) is 0 Å². The van der Waals surface area contributed by atoms with Crippen LogP contribution in [0, 0.1) is 6.92 Å². The van der Waals surface area contributed by atoms with Crippen LogP contribution in [0.1, 0.15) is 16.0 Å². The largest absolute Gasteiger partial charge is 0.497 e. The van der Waals surface area contributed by atoms with E-state index >= 15 is 0 Å². The maximum absolute atomic E-state index is 5.14. The van der Waals surface area contributed by atoms with Crippen LogP contribution in [0.2, 0.25) is 0 Å². The molecule has 0 atom stereocenters. The van der Waals surface area contributed by atoms with Crippen molar-refractivity contribution in [2.24, 2.45) is 0 Å². The molecule has 0 aliphatic heterocycles. The highest BCUT2D eigenvalue weighted by Crippen LogP contribution is 2.14. The molecule has 0 unspecified atom stereocenters. The van der Waals surface area contributed by atoms with Crippen molar-refractivity contribution >= 4 is 11.3 Å². The molecule has 2 aromatic rings. The summed E-state index contributed by atoms with van der Waals surface area (Å²) in [5.41, 5.74) is 2.74. The molecule has 0 aliphatic rings. The minimum absolute atomic E-state index is 0.919. The molecule has 0 aliphatic carbocycles. The Morgan fingerprint density at radius 1 is 1.12 bits per heavy atom. The van der Waals surface area contributed by atoms with Crippen LogP contribution in [-0.4, -0.2) is 7.11 Å². The van der Waals surface area contributed by atoms with Gasteiger partial charge < -0.3 is 10.1 Å². The summed E-state index contributed by atoms with van der Waals surface area (Å²) in [6, 6.07) is 10.5. The molecule has 0 fully saturated rings. The lowest BCUT2D eigenvalue weighted by molar-refractivity contribution is -0.685.